The molecule has 1 N–H and O–H groups in total. The lowest BCUT2D eigenvalue weighted by atomic mass is 10.1. The lowest BCUT2D eigenvalue weighted by Crippen LogP contribution is -2.36. The standard InChI is InChI=1S/C20H23ClN2O3/c1-13-9-14(2)20(17(21)10-13)22-19(25)12-23(15(3)24)11-16-7-5-6-8-18(16)26-4/h5-10H,11-12H2,1-4H3,(H,22,25). The van der Waals surface area contributed by atoms with Crippen LogP contribution in [0.3, 0.4) is 0 Å². The zero-order valence-corrected chi connectivity index (χ0v) is 16.2. The first-order valence-electron chi connectivity index (χ1n) is 8.25. The molecule has 0 saturated carbocycles. The molecule has 26 heavy (non-hydrogen) atoms. The molecular weight excluding hydrogens is 352 g/mol. The summed E-state index contributed by atoms with van der Waals surface area (Å²) in [6.45, 7) is 5.47. The highest BCUT2D eigenvalue weighted by molar-refractivity contribution is 6.34. The van der Waals surface area contributed by atoms with Crippen LogP contribution in [0.25, 0.3) is 0 Å². The monoisotopic (exact) mass is 374 g/mol. The molecule has 0 saturated heterocycles. The number of aryl methyl sites for hydroxylation is 2. The summed E-state index contributed by atoms with van der Waals surface area (Å²) in [4.78, 5) is 25.9. The number of carbonyl (C=O) groups is 2. The summed E-state index contributed by atoms with van der Waals surface area (Å²) >= 11 is 6.24. The van der Waals surface area contributed by atoms with Gasteiger partial charge in [0.1, 0.15) is 12.3 Å². The van der Waals surface area contributed by atoms with Gasteiger partial charge in [-0.25, -0.2) is 0 Å². The number of para-hydroxylation sites is 1. The van der Waals surface area contributed by atoms with E-state index in [0.717, 1.165) is 16.7 Å². The molecule has 2 aromatic carbocycles. The van der Waals surface area contributed by atoms with E-state index in [1.54, 1.807) is 13.2 Å². The Kier molecular flexibility index (Phi) is 6.64. The smallest absolute Gasteiger partial charge is 0.244 e. The zero-order valence-electron chi connectivity index (χ0n) is 15.4. The first-order valence-corrected chi connectivity index (χ1v) is 8.63. The second-order valence-corrected chi connectivity index (χ2v) is 6.58. The third-order valence-electron chi connectivity index (χ3n) is 4.03. The Morgan fingerprint density at radius 1 is 1.19 bits per heavy atom. The van der Waals surface area contributed by atoms with E-state index in [1.165, 1.54) is 11.8 Å². The second kappa shape index (κ2) is 8.72. The van der Waals surface area contributed by atoms with Gasteiger partial charge in [-0.2, -0.15) is 0 Å². The van der Waals surface area contributed by atoms with E-state index in [9.17, 15) is 9.59 Å². The van der Waals surface area contributed by atoms with Crippen molar-refractivity contribution in [2.24, 2.45) is 0 Å². The SMILES string of the molecule is COc1ccccc1CN(CC(=O)Nc1c(C)cc(C)cc1Cl)C(C)=O. The molecule has 0 heterocycles. The van der Waals surface area contributed by atoms with Gasteiger partial charge in [0.2, 0.25) is 11.8 Å². The first-order chi connectivity index (χ1) is 12.3. The summed E-state index contributed by atoms with van der Waals surface area (Å²) in [6, 6.07) is 11.2. The third kappa shape index (κ3) is 4.99. The summed E-state index contributed by atoms with van der Waals surface area (Å²) in [5.74, 6) is 0.179. The van der Waals surface area contributed by atoms with E-state index in [2.05, 4.69) is 5.32 Å². The minimum Gasteiger partial charge on any atom is -0.496 e. The molecule has 0 radical (unpaired) electrons. The molecule has 6 heteroatoms. The van der Waals surface area contributed by atoms with E-state index < -0.39 is 0 Å². The number of carbonyl (C=O) groups excluding carboxylic acids is 2. The van der Waals surface area contributed by atoms with Crippen molar-refractivity contribution in [3.05, 3.63) is 58.1 Å². The fourth-order valence-electron chi connectivity index (χ4n) is 2.74. The van der Waals surface area contributed by atoms with Crippen molar-refractivity contribution in [3.63, 3.8) is 0 Å². The Morgan fingerprint density at radius 2 is 1.88 bits per heavy atom. The molecule has 138 valence electrons. The predicted octanol–water partition coefficient (Wildman–Crippen LogP) is 3.95. The van der Waals surface area contributed by atoms with Crippen molar-refractivity contribution in [2.75, 3.05) is 19.0 Å². The molecule has 0 spiro atoms. The minimum absolute atomic E-state index is 0.0724. The molecule has 0 fully saturated rings. The van der Waals surface area contributed by atoms with Gasteiger partial charge < -0.3 is 15.0 Å². The van der Waals surface area contributed by atoms with Crippen LogP contribution in [0.4, 0.5) is 5.69 Å². The van der Waals surface area contributed by atoms with E-state index in [0.29, 0.717) is 16.5 Å². The van der Waals surface area contributed by atoms with Gasteiger partial charge in [0.25, 0.3) is 0 Å². The maximum absolute atomic E-state index is 12.5. The number of benzene rings is 2. The Bertz CT molecular complexity index is 797. The van der Waals surface area contributed by atoms with E-state index >= 15 is 0 Å². The van der Waals surface area contributed by atoms with Gasteiger partial charge in [-0.05, 0) is 37.1 Å². The maximum atomic E-state index is 12.5. The maximum Gasteiger partial charge on any atom is 0.244 e. The predicted molar refractivity (Wildman–Crippen MR) is 104 cm³/mol. The van der Waals surface area contributed by atoms with Crippen LogP contribution in [0, 0.1) is 13.8 Å². The van der Waals surface area contributed by atoms with E-state index in [4.69, 9.17) is 16.3 Å². The van der Waals surface area contributed by atoms with Crippen molar-refractivity contribution in [1.29, 1.82) is 0 Å². The largest absolute Gasteiger partial charge is 0.496 e. The number of methoxy groups -OCH3 is 1. The van der Waals surface area contributed by atoms with Crippen molar-refractivity contribution < 1.29 is 14.3 Å². The van der Waals surface area contributed by atoms with Crippen LogP contribution in [0.5, 0.6) is 5.75 Å². The summed E-state index contributed by atoms with van der Waals surface area (Å²) in [5, 5.41) is 3.29. The lowest BCUT2D eigenvalue weighted by molar-refractivity contribution is -0.133. The fourth-order valence-corrected chi connectivity index (χ4v) is 3.11. The van der Waals surface area contributed by atoms with E-state index in [-0.39, 0.29) is 24.9 Å². The van der Waals surface area contributed by atoms with Crippen LogP contribution in [0.1, 0.15) is 23.6 Å². The van der Waals surface area contributed by atoms with Gasteiger partial charge in [0, 0.05) is 19.0 Å². The molecule has 0 aliphatic heterocycles. The number of nitrogens with one attached hydrogen (secondary N) is 1. The normalized spacial score (nSPS) is 10.3. The summed E-state index contributed by atoms with van der Waals surface area (Å²) in [5.41, 5.74) is 3.31. The van der Waals surface area contributed by atoms with Gasteiger partial charge in [0.05, 0.1) is 17.8 Å². The Labute approximate surface area is 158 Å². The molecular formula is C20H23ClN2O3. The van der Waals surface area contributed by atoms with Crippen LogP contribution >= 0.6 is 11.6 Å². The van der Waals surface area contributed by atoms with Crippen molar-refractivity contribution >= 4 is 29.1 Å². The number of amides is 2. The molecule has 2 aromatic rings. The Hall–Kier alpha value is -2.53. The highest BCUT2D eigenvalue weighted by atomic mass is 35.5. The average Bonchev–Trinajstić information content (AvgIpc) is 2.57. The second-order valence-electron chi connectivity index (χ2n) is 6.17. The van der Waals surface area contributed by atoms with Gasteiger partial charge in [-0.15, -0.1) is 0 Å². The number of hydrogen-bond acceptors (Lipinski definition) is 3. The van der Waals surface area contributed by atoms with Crippen molar-refractivity contribution in [2.45, 2.75) is 27.3 Å². The minimum atomic E-state index is -0.302. The average molecular weight is 375 g/mol. The fraction of sp³-hybridized carbons (Fsp3) is 0.300. The lowest BCUT2D eigenvalue weighted by Gasteiger charge is -2.22. The van der Waals surface area contributed by atoms with Gasteiger partial charge >= 0.3 is 0 Å². The number of hydrogen-bond donors (Lipinski definition) is 1. The van der Waals surface area contributed by atoms with E-state index in [1.807, 2.05) is 44.2 Å². The number of halogens is 1. The summed E-state index contributed by atoms with van der Waals surface area (Å²) in [7, 11) is 1.58. The summed E-state index contributed by atoms with van der Waals surface area (Å²) < 4.78 is 5.31. The molecule has 0 aliphatic carbocycles. The highest BCUT2D eigenvalue weighted by Gasteiger charge is 2.17. The molecule has 0 aliphatic rings. The van der Waals surface area contributed by atoms with Crippen LogP contribution in [0.15, 0.2) is 36.4 Å². The van der Waals surface area contributed by atoms with Gasteiger partial charge in [0.15, 0.2) is 0 Å². The number of anilines is 1. The molecule has 2 amide bonds. The first kappa shape index (κ1) is 19.8. The molecule has 5 nitrogen and oxygen atoms in total. The quantitative estimate of drug-likeness (QED) is 0.832. The summed E-state index contributed by atoms with van der Waals surface area (Å²) in [6.07, 6.45) is 0. The third-order valence-corrected chi connectivity index (χ3v) is 4.33. The van der Waals surface area contributed by atoms with Crippen LogP contribution in [-0.4, -0.2) is 30.4 Å². The van der Waals surface area contributed by atoms with Crippen molar-refractivity contribution in [1.82, 2.24) is 4.90 Å². The highest BCUT2D eigenvalue weighted by Crippen LogP contribution is 2.27. The Balaban J connectivity index is 2.13. The van der Waals surface area contributed by atoms with Crippen LogP contribution < -0.4 is 10.1 Å². The number of rotatable bonds is 6. The zero-order chi connectivity index (χ0) is 19.3. The van der Waals surface area contributed by atoms with Crippen LogP contribution in [-0.2, 0) is 16.1 Å². The Morgan fingerprint density at radius 3 is 2.50 bits per heavy atom. The molecule has 2 rings (SSSR count). The molecule has 0 aromatic heterocycles. The molecule has 0 bridgehead atoms. The number of ether oxygens (including phenoxy) is 1. The van der Waals surface area contributed by atoms with Gasteiger partial charge in [-0.3, -0.25) is 9.59 Å². The molecule has 0 unspecified atom stereocenters. The van der Waals surface area contributed by atoms with Crippen molar-refractivity contribution in [3.8, 4) is 5.75 Å². The van der Waals surface area contributed by atoms with Crippen LogP contribution in [0.2, 0.25) is 5.02 Å². The van der Waals surface area contributed by atoms with Gasteiger partial charge in [-0.1, -0.05) is 35.9 Å². The number of nitrogens with zero attached hydrogens (tertiary/aromatic N) is 1. The topological polar surface area (TPSA) is 58.6 Å². The molecule has 0 atom stereocenters.